The fourth-order valence-corrected chi connectivity index (χ4v) is 5.19. The maximum atomic E-state index is 11.6. The van der Waals surface area contributed by atoms with E-state index in [0.717, 1.165) is 36.0 Å². The average Bonchev–Trinajstić information content (AvgIpc) is 3.66. The number of aliphatic hydroxyl groups is 1. The Morgan fingerprint density at radius 3 is 1.54 bits per heavy atom. The maximum absolute atomic E-state index is 11.6. The van der Waals surface area contributed by atoms with Crippen molar-refractivity contribution in [3.63, 3.8) is 0 Å². The first-order valence-electron chi connectivity index (χ1n) is 21.9. The van der Waals surface area contributed by atoms with Crippen LogP contribution in [-0.2, 0) is 36.8 Å². The average molecular weight is 844 g/mol. The van der Waals surface area contributed by atoms with E-state index in [1.54, 1.807) is 13.8 Å². The summed E-state index contributed by atoms with van der Waals surface area (Å²) in [5.41, 5.74) is 6.67. The minimum absolute atomic E-state index is 0.0491. The fourth-order valence-electron chi connectivity index (χ4n) is 5.19. The van der Waals surface area contributed by atoms with Crippen LogP contribution in [0.4, 0.5) is 0 Å². The molecule has 0 bridgehead atoms. The van der Waals surface area contributed by atoms with Gasteiger partial charge in [-0.1, -0.05) is 117 Å². The molecule has 0 saturated heterocycles. The van der Waals surface area contributed by atoms with Crippen LogP contribution in [0, 0.1) is 30.6 Å². The predicted octanol–water partition coefficient (Wildman–Crippen LogP) is 10.9. The Hall–Kier alpha value is -4.83. The van der Waals surface area contributed by atoms with Gasteiger partial charge in [-0.15, -0.1) is 10.2 Å². The summed E-state index contributed by atoms with van der Waals surface area (Å²) in [6.07, 6.45) is 7.33. The van der Waals surface area contributed by atoms with Gasteiger partial charge in [0, 0.05) is 74.8 Å². The van der Waals surface area contributed by atoms with E-state index in [4.69, 9.17) is 9.52 Å². The Labute approximate surface area is 367 Å². The predicted molar refractivity (Wildman–Crippen MR) is 249 cm³/mol. The molecule has 0 aliphatic rings. The standard InChI is InChI=1S/C16H22O.C15H18N2O2.C11H19NO2.C9H18O2/c1-5-13(4)15-9-6-14(7-10-15)8-11-16(17)12(2)3;1-10(2)14(18)9-6-12-4-7-13(8-5-12)15-17-16-11(3)19-15;1-8(2)7-11(14)12-6-5-10(13)9(3)4;1-4-8(10)5-6-9(11)7(2)3/h5-7,9-10,12H,8,11H2,1-4H3;4-5,7-8,10H,6,9H2,1-3H3;9H,1,5-7H2,2-4H3,(H,12,14);7-8,10H,4-6H2,1-3H3. The lowest BCUT2D eigenvalue weighted by Crippen LogP contribution is -2.26. The Bertz CT molecular complexity index is 1800. The van der Waals surface area contributed by atoms with Crippen LogP contribution in [-0.4, -0.2) is 57.0 Å². The second-order valence-electron chi connectivity index (χ2n) is 16.8. The summed E-state index contributed by atoms with van der Waals surface area (Å²) >= 11 is 0. The molecule has 3 aromatic rings. The number of carbonyl (C=O) groups excluding carboxylic acids is 5. The zero-order valence-corrected chi connectivity index (χ0v) is 39.7. The first kappa shape index (κ1) is 56.2. The summed E-state index contributed by atoms with van der Waals surface area (Å²) in [4.78, 5) is 56.5. The number of hydrogen-bond donors (Lipinski definition) is 2. The third-order valence-electron chi connectivity index (χ3n) is 9.82. The van der Waals surface area contributed by atoms with Gasteiger partial charge in [-0.25, -0.2) is 0 Å². The molecule has 0 aliphatic heterocycles. The molecule has 1 amide bonds. The SMILES string of the molecule is C=C(C)CC(=O)NCCC(=O)C(C)C.CC=C(C)c1ccc(CCC(=O)C(C)C)cc1.CCC(O)CCC(=O)C(C)C.Cc1nnc(-c2ccc(CCC(=O)C(C)C)cc2)o1. The summed E-state index contributed by atoms with van der Waals surface area (Å²) in [7, 11) is 0. The summed E-state index contributed by atoms with van der Waals surface area (Å²) in [5, 5.41) is 19.6. The molecule has 10 nitrogen and oxygen atoms in total. The molecule has 10 heteroatoms. The second kappa shape index (κ2) is 31.1. The highest BCUT2D eigenvalue weighted by Crippen LogP contribution is 2.19. The minimum Gasteiger partial charge on any atom is -0.421 e. The van der Waals surface area contributed by atoms with Crippen molar-refractivity contribution in [2.45, 2.75) is 154 Å². The van der Waals surface area contributed by atoms with Crippen molar-refractivity contribution >= 4 is 34.6 Å². The molecule has 338 valence electrons. The van der Waals surface area contributed by atoms with Crippen molar-refractivity contribution in [3.05, 3.63) is 89.3 Å². The summed E-state index contributed by atoms with van der Waals surface area (Å²) in [6.45, 7) is 29.0. The van der Waals surface area contributed by atoms with Crippen LogP contribution >= 0.6 is 0 Å². The lowest BCUT2D eigenvalue weighted by molar-refractivity contribution is -0.123. The topological polar surface area (TPSA) is 157 Å². The van der Waals surface area contributed by atoms with Crippen molar-refractivity contribution < 1.29 is 33.5 Å². The number of nitrogens with one attached hydrogen (secondary N) is 1. The third kappa shape index (κ3) is 26.2. The lowest BCUT2D eigenvalue weighted by Gasteiger charge is -2.07. The van der Waals surface area contributed by atoms with Gasteiger partial charge < -0.3 is 14.8 Å². The molecule has 3 rings (SSSR count). The van der Waals surface area contributed by atoms with Crippen molar-refractivity contribution in [1.82, 2.24) is 15.5 Å². The zero-order chi connectivity index (χ0) is 46.7. The number of benzene rings is 2. The number of aryl methyl sites for hydroxylation is 3. The van der Waals surface area contributed by atoms with Gasteiger partial charge in [-0.05, 0) is 80.9 Å². The van der Waals surface area contributed by atoms with Crippen molar-refractivity contribution in [1.29, 1.82) is 0 Å². The second-order valence-corrected chi connectivity index (χ2v) is 16.8. The highest BCUT2D eigenvalue weighted by atomic mass is 16.4. The van der Waals surface area contributed by atoms with Gasteiger partial charge in [-0.3, -0.25) is 24.0 Å². The molecule has 0 fully saturated rings. The smallest absolute Gasteiger partial charge is 0.247 e. The Morgan fingerprint density at radius 1 is 0.705 bits per heavy atom. The molecule has 2 aromatic carbocycles. The normalized spacial score (nSPS) is 11.5. The number of rotatable bonds is 21. The van der Waals surface area contributed by atoms with Crippen LogP contribution in [0.1, 0.15) is 151 Å². The van der Waals surface area contributed by atoms with Gasteiger partial charge in [0.1, 0.15) is 23.1 Å². The Kier molecular flexibility index (Phi) is 28.6. The lowest BCUT2D eigenvalue weighted by atomic mass is 9.99. The highest BCUT2D eigenvalue weighted by Gasteiger charge is 2.11. The number of ketones is 4. The summed E-state index contributed by atoms with van der Waals surface area (Å²) in [6, 6.07) is 16.4. The Balaban J connectivity index is 0.000000803. The van der Waals surface area contributed by atoms with E-state index in [0.29, 0.717) is 68.4 Å². The molecule has 1 aromatic heterocycles. The van der Waals surface area contributed by atoms with Gasteiger partial charge in [0.05, 0.1) is 6.10 Å². The van der Waals surface area contributed by atoms with Crippen LogP contribution in [0.2, 0.25) is 0 Å². The number of Topliss-reactive ketones (excluding diaryl/α,β-unsaturated/α-hetero) is 4. The summed E-state index contributed by atoms with van der Waals surface area (Å²) < 4.78 is 5.36. The van der Waals surface area contributed by atoms with E-state index < -0.39 is 0 Å². The van der Waals surface area contributed by atoms with E-state index in [9.17, 15) is 24.0 Å². The van der Waals surface area contributed by atoms with E-state index in [1.165, 1.54) is 16.7 Å². The van der Waals surface area contributed by atoms with Crippen LogP contribution in [0.3, 0.4) is 0 Å². The molecule has 0 saturated carbocycles. The van der Waals surface area contributed by atoms with Gasteiger partial charge in [0.2, 0.25) is 17.7 Å². The van der Waals surface area contributed by atoms with E-state index >= 15 is 0 Å². The molecular formula is C51H77N3O7. The van der Waals surface area contributed by atoms with Crippen molar-refractivity contribution in [3.8, 4) is 11.5 Å². The molecule has 61 heavy (non-hydrogen) atoms. The van der Waals surface area contributed by atoms with Crippen LogP contribution in [0.15, 0.2) is 71.2 Å². The number of aromatic nitrogens is 2. The van der Waals surface area contributed by atoms with E-state index in [-0.39, 0.29) is 47.2 Å². The number of hydrogen-bond acceptors (Lipinski definition) is 9. The van der Waals surface area contributed by atoms with Crippen LogP contribution in [0.25, 0.3) is 17.0 Å². The quantitative estimate of drug-likeness (QED) is 0.0996. The maximum Gasteiger partial charge on any atom is 0.247 e. The van der Waals surface area contributed by atoms with Crippen molar-refractivity contribution in [2.75, 3.05) is 6.54 Å². The van der Waals surface area contributed by atoms with Crippen molar-refractivity contribution in [2.24, 2.45) is 23.7 Å². The largest absolute Gasteiger partial charge is 0.421 e. The minimum atomic E-state index is -0.294. The molecule has 1 heterocycles. The molecule has 2 N–H and O–H groups in total. The number of aliphatic hydroxyl groups excluding tert-OH is 1. The number of allylic oxidation sites excluding steroid dienone is 2. The molecule has 1 atom stereocenters. The number of amides is 1. The summed E-state index contributed by atoms with van der Waals surface area (Å²) in [5.74, 6) is 2.53. The first-order chi connectivity index (χ1) is 28.6. The zero-order valence-electron chi connectivity index (χ0n) is 39.7. The third-order valence-corrected chi connectivity index (χ3v) is 9.82. The molecule has 0 spiro atoms. The molecular weight excluding hydrogens is 767 g/mol. The molecule has 1 unspecified atom stereocenters. The van der Waals surface area contributed by atoms with Crippen LogP contribution < -0.4 is 5.32 Å². The van der Waals surface area contributed by atoms with Crippen LogP contribution in [0.5, 0.6) is 0 Å². The fraction of sp³-hybridized carbons (Fsp3) is 0.549. The number of carbonyl (C=O) groups is 5. The van der Waals surface area contributed by atoms with Gasteiger partial charge in [0.15, 0.2) is 0 Å². The molecule has 0 radical (unpaired) electrons. The highest BCUT2D eigenvalue weighted by molar-refractivity contribution is 5.83. The van der Waals surface area contributed by atoms with E-state index in [1.807, 2.05) is 93.5 Å². The molecule has 0 aliphatic carbocycles. The first-order valence-corrected chi connectivity index (χ1v) is 21.9. The van der Waals surface area contributed by atoms with Gasteiger partial charge in [0.25, 0.3) is 0 Å². The number of nitrogens with zero attached hydrogens (tertiary/aromatic N) is 2. The monoisotopic (exact) mass is 844 g/mol. The van der Waals surface area contributed by atoms with Gasteiger partial charge in [-0.2, -0.15) is 0 Å². The van der Waals surface area contributed by atoms with E-state index in [2.05, 4.69) is 59.4 Å². The Morgan fingerprint density at radius 2 is 1.15 bits per heavy atom. The van der Waals surface area contributed by atoms with Gasteiger partial charge >= 0.3 is 0 Å².